The zero-order valence-electron chi connectivity index (χ0n) is 15.3. The lowest BCUT2D eigenvalue weighted by atomic mass is 9.88. The van der Waals surface area contributed by atoms with Gasteiger partial charge in [-0.15, -0.1) is 11.3 Å². The molecule has 0 unspecified atom stereocenters. The first kappa shape index (κ1) is 21.2. The van der Waals surface area contributed by atoms with Crippen molar-refractivity contribution in [2.24, 2.45) is 0 Å². The quantitative estimate of drug-likeness (QED) is 0.616. The van der Waals surface area contributed by atoms with Gasteiger partial charge >= 0.3 is 0 Å². The normalized spacial score (nSPS) is 12.3. The van der Waals surface area contributed by atoms with Crippen molar-refractivity contribution in [3.05, 3.63) is 39.9 Å². The van der Waals surface area contributed by atoms with Crippen LogP contribution in [0.25, 0.3) is 0 Å². The van der Waals surface area contributed by atoms with Crippen LogP contribution < -0.4 is 4.72 Å². The van der Waals surface area contributed by atoms with E-state index in [1.807, 2.05) is 13.8 Å². The largest absolute Gasteiger partial charge is 0.389 e. The van der Waals surface area contributed by atoms with Gasteiger partial charge < -0.3 is 5.11 Å². The van der Waals surface area contributed by atoms with E-state index in [9.17, 15) is 13.5 Å². The van der Waals surface area contributed by atoms with Gasteiger partial charge in [0.1, 0.15) is 0 Å². The summed E-state index contributed by atoms with van der Waals surface area (Å²) in [6.07, 6.45) is 3.58. The number of thiazole rings is 1. The number of nitrogens with one attached hydrogen (secondary N) is 1. The summed E-state index contributed by atoms with van der Waals surface area (Å²) in [5.41, 5.74) is 0.399. The molecule has 0 fully saturated rings. The van der Waals surface area contributed by atoms with Crippen molar-refractivity contribution in [3.63, 3.8) is 0 Å². The molecule has 0 amide bonds. The van der Waals surface area contributed by atoms with Gasteiger partial charge in [0.25, 0.3) is 10.0 Å². The molecule has 0 saturated heterocycles. The van der Waals surface area contributed by atoms with Crippen LogP contribution in [0.15, 0.2) is 28.5 Å². The van der Waals surface area contributed by atoms with Gasteiger partial charge in [0, 0.05) is 16.8 Å². The van der Waals surface area contributed by atoms with Crippen molar-refractivity contribution < 1.29 is 13.5 Å². The van der Waals surface area contributed by atoms with E-state index in [0.717, 1.165) is 12.8 Å². The van der Waals surface area contributed by atoms with Crippen LogP contribution in [-0.2, 0) is 16.4 Å². The maximum absolute atomic E-state index is 12.6. The lowest BCUT2D eigenvalue weighted by Gasteiger charge is -2.26. The summed E-state index contributed by atoms with van der Waals surface area (Å²) in [6.45, 7) is 5.74. The van der Waals surface area contributed by atoms with E-state index in [0.29, 0.717) is 35.5 Å². The summed E-state index contributed by atoms with van der Waals surface area (Å²) in [6, 6.07) is 4.77. The molecule has 1 aromatic carbocycles. The molecule has 0 spiro atoms. The Labute approximate surface area is 164 Å². The number of hydrogen-bond acceptors (Lipinski definition) is 5. The number of aliphatic hydroxyl groups is 1. The summed E-state index contributed by atoms with van der Waals surface area (Å²) in [5.74, 6) is 0. The summed E-state index contributed by atoms with van der Waals surface area (Å²) in [5, 5.41) is 13.2. The second-order valence-electron chi connectivity index (χ2n) is 6.51. The van der Waals surface area contributed by atoms with Gasteiger partial charge in [-0.3, -0.25) is 4.72 Å². The number of aromatic nitrogens is 1. The van der Waals surface area contributed by atoms with Crippen LogP contribution in [0, 0.1) is 6.92 Å². The molecule has 0 saturated carbocycles. The topological polar surface area (TPSA) is 79.3 Å². The zero-order chi connectivity index (χ0) is 19.4. The highest BCUT2D eigenvalue weighted by Gasteiger charge is 2.27. The highest BCUT2D eigenvalue weighted by molar-refractivity contribution is 7.93. The van der Waals surface area contributed by atoms with Crippen LogP contribution in [0.2, 0.25) is 5.02 Å². The number of sulfonamides is 1. The van der Waals surface area contributed by atoms with Crippen molar-refractivity contribution in [1.82, 2.24) is 4.98 Å². The molecule has 1 heterocycles. The first-order valence-electron chi connectivity index (χ1n) is 8.65. The van der Waals surface area contributed by atoms with E-state index in [-0.39, 0.29) is 10.0 Å². The number of halogens is 1. The Bertz CT molecular complexity index is 844. The monoisotopic (exact) mass is 416 g/mol. The van der Waals surface area contributed by atoms with Crippen LogP contribution in [0.4, 0.5) is 5.13 Å². The number of anilines is 1. The smallest absolute Gasteiger partial charge is 0.263 e. The van der Waals surface area contributed by atoms with Crippen molar-refractivity contribution >= 4 is 38.1 Å². The molecule has 2 N–H and O–H groups in total. The number of hydrogen-bond donors (Lipinski definition) is 2. The summed E-state index contributed by atoms with van der Waals surface area (Å²) >= 11 is 7.24. The Morgan fingerprint density at radius 3 is 2.54 bits per heavy atom. The van der Waals surface area contributed by atoms with E-state index >= 15 is 0 Å². The van der Waals surface area contributed by atoms with Crippen LogP contribution in [0.3, 0.4) is 0 Å². The summed E-state index contributed by atoms with van der Waals surface area (Å²) in [7, 11) is -3.77. The van der Waals surface area contributed by atoms with Crippen molar-refractivity contribution in [1.29, 1.82) is 0 Å². The first-order valence-corrected chi connectivity index (χ1v) is 11.4. The van der Waals surface area contributed by atoms with Gasteiger partial charge in [-0.05, 0) is 37.5 Å². The average Bonchev–Trinajstić information content (AvgIpc) is 2.96. The Hall–Kier alpha value is -1.15. The molecule has 0 atom stereocenters. The van der Waals surface area contributed by atoms with Crippen molar-refractivity contribution in [3.8, 4) is 0 Å². The van der Waals surface area contributed by atoms with Gasteiger partial charge in [-0.2, -0.15) is 0 Å². The molecule has 8 heteroatoms. The molecular weight excluding hydrogens is 392 g/mol. The lowest BCUT2D eigenvalue weighted by Crippen LogP contribution is -2.31. The fraction of sp³-hybridized carbons (Fsp3) is 0.500. The predicted molar refractivity (Wildman–Crippen MR) is 108 cm³/mol. The van der Waals surface area contributed by atoms with E-state index in [1.54, 1.807) is 24.4 Å². The Morgan fingerprint density at radius 1 is 1.27 bits per heavy atom. The van der Waals surface area contributed by atoms with Crippen LogP contribution in [-0.4, -0.2) is 24.1 Å². The number of rotatable bonds is 9. The van der Waals surface area contributed by atoms with Crippen LogP contribution in [0.5, 0.6) is 0 Å². The first-order chi connectivity index (χ1) is 12.2. The van der Waals surface area contributed by atoms with Crippen LogP contribution in [0.1, 0.15) is 50.8 Å². The molecule has 5 nitrogen and oxygen atoms in total. The Kier molecular flexibility index (Phi) is 7.07. The second-order valence-corrected chi connectivity index (χ2v) is 9.43. The predicted octanol–water partition coefficient (Wildman–Crippen LogP) is 4.78. The molecule has 144 valence electrons. The van der Waals surface area contributed by atoms with E-state index in [1.165, 1.54) is 17.4 Å². The zero-order valence-corrected chi connectivity index (χ0v) is 17.6. The van der Waals surface area contributed by atoms with Gasteiger partial charge in [0.05, 0.1) is 16.2 Å². The van der Waals surface area contributed by atoms with E-state index < -0.39 is 15.6 Å². The molecule has 2 aromatic rings. The van der Waals surface area contributed by atoms with Gasteiger partial charge in [-0.1, -0.05) is 44.4 Å². The molecule has 0 radical (unpaired) electrons. The molecule has 2 rings (SSSR count). The van der Waals surface area contributed by atoms with E-state index in [4.69, 9.17) is 11.6 Å². The minimum atomic E-state index is -3.77. The van der Waals surface area contributed by atoms with Crippen molar-refractivity contribution in [2.45, 2.75) is 63.4 Å². The lowest BCUT2D eigenvalue weighted by molar-refractivity contribution is 0.0209. The SMILES string of the molecule is CCCC(O)(CCC)Cc1csc(NS(=O)(=O)c2cccc(Cl)c2C)n1. The number of nitrogens with zero attached hydrogens (tertiary/aromatic N) is 1. The molecule has 0 aliphatic rings. The Balaban J connectivity index is 2.18. The summed E-state index contributed by atoms with van der Waals surface area (Å²) < 4.78 is 27.8. The minimum Gasteiger partial charge on any atom is -0.389 e. The van der Waals surface area contributed by atoms with E-state index in [2.05, 4.69) is 9.71 Å². The molecule has 0 bridgehead atoms. The molecule has 26 heavy (non-hydrogen) atoms. The second kappa shape index (κ2) is 8.69. The van der Waals surface area contributed by atoms with Gasteiger partial charge in [-0.25, -0.2) is 13.4 Å². The average molecular weight is 417 g/mol. The molecular formula is C18H25ClN2O3S2. The highest BCUT2D eigenvalue weighted by atomic mass is 35.5. The third kappa shape index (κ3) is 5.19. The highest BCUT2D eigenvalue weighted by Crippen LogP contribution is 2.29. The molecule has 1 aromatic heterocycles. The molecule has 0 aliphatic carbocycles. The minimum absolute atomic E-state index is 0.134. The standard InChI is InChI=1S/C18H25ClN2O3S2/c1-4-9-18(22,10-5-2)11-14-12-25-17(20-14)21-26(23,24)16-8-6-7-15(19)13(16)3/h6-8,12,22H,4-5,9-11H2,1-3H3,(H,20,21). The fourth-order valence-electron chi connectivity index (χ4n) is 3.05. The van der Waals surface area contributed by atoms with Crippen molar-refractivity contribution in [2.75, 3.05) is 4.72 Å². The summed E-state index contributed by atoms with van der Waals surface area (Å²) in [4.78, 5) is 4.49. The third-order valence-corrected chi connectivity index (χ3v) is 7.05. The molecule has 0 aliphatic heterocycles. The Morgan fingerprint density at radius 2 is 1.92 bits per heavy atom. The van der Waals surface area contributed by atoms with Crippen LogP contribution >= 0.6 is 22.9 Å². The maximum Gasteiger partial charge on any atom is 0.263 e. The fourth-order valence-corrected chi connectivity index (χ4v) is 5.52. The number of benzene rings is 1. The van der Waals surface area contributed by atoms with Gasteiger partial charge in [0.15, 0.2) is 5.13 Å². The van der Waals surface area contributed by atoms with Gasteiger partial charge in [0.2, 0.25) is 0 Å². The maximum atomic E-state index is 12.6. The third-order valence-electron chi connectivity index (χ3n) is 4.22.